The molecule has 1 aliphatic heterocycles. The number of aliphatic hydroxyl groups is 5. The van der Waals surface area contributed by atoms with Gasteiger partial charge in [0.15, 0.2) is 6.29 Å². The van der Waals surface area contributed by atoms with Crippen LogP contribution in [0.15, 0.2) is 60.8 Å². The van der Waals surface area contributed by atoms with E-state index < -0.39 is 49.5 Å². The maximum atomic E-state index is 13.0. The number of allylic oxidation sites excluding steroid dienone is 9. The first kappa shape index (κ1) is 73.4. The summed E-state index contributed by atoms with van der Waals surface area (Å²) in [6.07, 6.45) is 63.4. The lowest BCUT2D eigenvalue weighted by Crippen LogP contribution is -2.60. The van der Waals surface area contributed by atoms with Crippen molar-refractivity contribution in [3.8, 4) is 0 Å². The molecule has 11 heteroatoms. The van der Waals surface area contributed by atoms with Gasteiger partial charge in [0.05, 0.1) is 32.0 Å². The molecule has 1 heterocycles. The van der Waals surface area contributed by atoms with Gasteiger partial charge in [-0.2, -0.15) is 0 Å². The first-order valence-corrected chi connectivity index (χ1v) is 32.6. The van der Waals surface area contributed by atoms with Gasteiger partial charge in [-0.3, -0.25) is 9.59 Å². The number of esters is 1. The molecule has 1 rings (SSSR count). The molecule has 0 bridgehead atoms. The first-order chi connectivity index (χ1) is 38.2. The zero-order valence-corrected chi connectivity index (χ0v) is 50.1. The van der Waals surface area contributed by atoms with Gasteiger partial charge in [0.25, 0.3) is 0 Å². The highest BCUT2D eigenvalue weighted by Crippen LogP contribution is 2.23. The van der Waals surface area contributed by atoms with Crippen LogP contribution in [0.5, 0.6) is 0 Å². The van der Waals surface area contributed by atoms with Gasteiger partial charge in [-0.05, 0) is 89.9 Å². The van der Waals surface area contributed by atoms with Crippen LogP contribution in [-0.2, 0) is 23.8 Å². The summed E-state index contributed by atoms with van der Waals surface area (Å²) >= 11 is 0. The second-order valence-electron chi connectivity index (χ2n) is 22.5. The van der Waals surface area contributed by atoms with E-state index in [9.17, 15) is 35.1 Å². The van der Waals surface area contributed by atoms with Crippen LogP contribution >= 0.6 is 0 Å². The van der Waals surface area contributed by atoms with Gasteiger partial charge in [0.2, 0.25) is 5.91 Å². The van der Waals surface area contributed by atoms with E-state index in [2.05, 4.69) is 67.8 Å². The smallest absolute Gasteiger partial charge is 0.305 e. The summed E-state index contributed by atoms with van der Waals surface area (Å²) in [6.45, 7) is 4.27. The SMILES string of the molecule is CCCC/C=C\C/C=C\CCCCCCCC(=O)OCCCCCCCCCCC/C=C\C/C=C\CCCCCCCCCCCCCC(=O)NC(COC1OC(CO)C(O)C(O)C1O)C(O)/C=C/CCCCCCCCC. The molecule has 0 aliphatic carbocycles. The molecule has 0 aromatic rings. The van der Waals surface area contributed by atoms with Gasteiger partial charge in [-0.15, -0.1) is 0 Å². The third kappa shape index (κ3) is 45.0. The Morgan fingerprint density at radius 1 is 0.474 bits per heavy atom. The summed E-state index contributed by atoms with van der Waals surface area (Å²) < 4.78 is 16.7. The highest BCUT2D eigenvalue weighted by Gasteiger charge is 2.44. The molecule has 1 saturated heterocycles. The Labute approximate surface area is 478 Å². The summed E-state index contributed by atoms with van der Waals surface area (Å²) in [5.41, 5.74) is 0. The first-order valence-electron chi connectivity index (χ1n) is 32.6. The van der Waals surface area contributed by atoms with Crippen molar-refractivity contribution in [2.75, 3.05) is 19.8 Å². The number of unbranched alkanes of at least 4 members (excludes halogenated alkanes) is 34. The Morgan fingerprint density at radius 2 is 0.872 bits per heavy atom. The summed E-state index contributed by atoms with van der Waals surface area (Å²) in [6, 6.07) is -0.812. The van der Waals surface area contributed by atoms with E-state index in [0.29, 0.717) is 19.4 Å². The quantitative estimate of drug-likeness (QED) is 0.0195. The van der Waals surface area contributed by atoms with Gasteiger partial charge in [-0.1, -0.05) is 248 Å². The lowest BCUT2D eigenvalue weighted by molar-refractivity contribution is -0.302. The molecule has 0 aromatic carbocycles. The highest BCUT2D eigenvalue weighted by atomic mass is 16.7. The monoisotopic (exact) mass is 1100 g/mol. The maximum absolute atomic E-state index is 13.0. The van der Waals surface area contributed by atoms with Crippen molar-refractivity contribution in [3.63, 3.8) is 0 Å². The predicted octanol–water partition coefficient (Wildman–Crippen LogP) is 15.8. The summed E-state index contributed by atoms with van der Waals surface area (Å²) in [5, 5.41) is 54.2. The van der Waals surface area contributed by atoms with Crippen molar-refractivity contribution in [2.45, 2.75) is 333 Å². The Bertz CT molecular complexity index is 1480. The number of carbonyl (C=O) groups excluding carboxylic acids is 2. The molecule has 0 radical (unpaired) electrons. The maximum Gasteiger partial charge on any atom is 0.305 e. The minimum atomic E-state index is -1.57. The fraction of sp³-hybridized carbons (Fsp3) is 0.821. The van der Waals surface area contributed by atoms with Gasteiger partial charge >= 0.3 is 5.97 Å². The Hall–Kier alpha value is -2.64. The molecular formula is C67H121NO10. The van der Waals surface area contributed by atoms with E-state index in [0.717, 1.165) is 83.5 Å². The van der Waals surface area contributed by atoms with E-state index in [-0.39, 0.29) is 18.5 Å². The van der Waals surface area contributed by atoms with E-state index in [1.807, 2.05) is 6.08 Å². The molecule has 1 aliphatic rings. The molecule has 6 N–H and O–H groups in total. The number of amides is 1. The Kier molecular flexibility index (Phi) is 52.9. The molecule has 0 spiro atoms. The molecule has 11 nitrogen and oxygen atoms in total. The topological polar surface area (TPSA) is 175 Å². The van der Waals surface area contributed by atoms with Crippen molar-refractivity contribution in [3.05, 3.63) is 60.8 Å². The molecule has 1 fully saturated rings. The Balaban J connectivity index is 1.98. The summed E-state index contributed by atoms with van der Waals surface area (Å²) in [5.74, 6) is -0.202. The van der Waals surface area contributed by atoms with Crippen LogP contribution in [0.1, 0.15) is 290 Å². The van der Waals surface area contributed by atoms with Crippen molar-refractivity contribution in [1.82, 2.24) is 5.32 Å². The summed E-state index contributed by atoms with van der Waals surface area (Å²) in [4.78, 5) is 25.0. The normalized spacial score (nSPS) is 18.9. The average molecular weight is 1100 g/mol. The standard InChI is InChI=1S/C67H121NO10/c1-3-5-7-9-11-13-14-15-32-35-39-43-47-51-55-63(72)76-56-52-48-44-40-36-33-30-28-26-24-22-20-18-16-17-19-21-23-25-27-29-31-34-38-42-46-50-54-62(71)68-59(60(70)53-49-45-41-37-12-10-8-6-4-2)58-77-67-66(75)65(74)64(73)61(57-69)78-67/h9,11,14-17,20,22,49,53,59-61,64-67,69-70,73-75H,3-8,10,12-13,18-19,21,23-48,50-52,54-58H2,1-2H3,(H,68,71)/b11-9-,15-14-,17-16-,22-20-,53-49+. The molecule has 7 atom stereocenters. The van der Waals surface area contributed by atoms with Crippen LogP contribution in [0, 0.1) is 0 Å². The lowest BCUT2D eigenvalue weighted by Gasteiger charge is -2.40. The zero-order chi connectivity index (χ0) is 56.6. The minimum Gasteiger partial charge on any atom is -0.466 e. The average Bonchev–Trinajstić information content (AvgIpc) is 3.44. The molecule has 1 amide bonds. The van der Waals surface area contributed by atoms with Gasteiger partial charge in [-0.25, -0.2) is 0 Å². The lowest BCUT2D eigenvalue weighted by atomic mass is 9.99. The third-order valence-electron chi connectivity index (χ3n) is 15.1. The molecule has 0 aromatic heterocycles. The number of aliphatic hydroxyl groups excluding tert-OH is 5. The van der Waals surface area contributed by atoms with Crippen molar-refractivity contribution >= 4 is 11.9 Å². The fourth-order valence-corrected chi connectivity index (χ4v) is 9.89. The highest BCUT2D eigenvalue weighted by molar-refractivity contribution is 5.76. The van der Waals surface area contributed by atoms with Crippen molar-refractivity contribution < 1.29 is 49.3 Å². The second-order valence-corrected chi connectivity index (χ2v) is 22.5. The van der Waals surface area contributed by atoms with Crippen LogP contribution in [-0.4, -0.2) is 100 Å². The minimum absolute atomic E-state index is 0.0142. The van der Waals surface area contributed by atoms with E-state index in [1.54, 1.807) is 6.08 Å². The predicted molar refractivity (Wildman–Crippen MR) is 324 cm³/mol. The van der Waals surface area contributed by atoms with Crippen LogP contribution < -0.4 is 5.32 Å². The number of nitrogens with one attached hydrogen (secondary N) is 1. The molecule has 0 saturated carbocycles. The van der Waals surface area contributed by atoms with E-state index in [1.165, 1.54) is 180 Å². The third-order valence-corrected chi connectivity index (χ3v) is 15.1. The number of carbonyl (C=O) groups is 2. The zero-order valence-electron chi connectivity index (χ0n) is 50.1. The van der Waals surface area contributed by atoms with Crippen LogP contribution in [0.25, 0.3) is 0 Å². The Morgan fingerprint density at radius 3 is 1.33 bits per heavy atom. The fourth-order valence-electron chi connectivity index (χ4n) is 9.89. The van der Waals surface area contributed by atoms with Crippen LogP contribution in [0.3, 0.4) is 0 Å². The van der Waals surface area contributed by atoms with Gasteiger partial charge in [0.1, 0.15) is 24.4 Å². The van der Waals surface area contributed by atoms with Crippen LogP contribution in [0.2, 0.25) is 0 Å². The van der Waals surface area contributed by atoms with Crippen molar-refractivity contribution in [2.24, 2.45) is 0 Å². The van der Waals surface area contributed by atoms with Gasteiger partial charge < -0.3 is 45.1 Å². The largest absolute Gasteiger partial charge is 0.466 e. The molecular weight excluding hydrogens is 979 g/mol. The van der Waals surface area contributed by atoms with E-state index >= 15 is 0 Å². The second kappa shape index (κ2) is 56.2. The van der Waals surface area contributed by atoms with E-state index in [4.69, 9.17) is 14.2 Å². The van der Waals surface area contributed by atoms with Crippen LogP contribution in [0.4, 0.5) is 0 Å². The van der Waals surface area contributed by atoms with Gasteiger partial charge in [0, 0.05) is 12.8 Å². The summed E-state index contributed by atoms with van der Waals surface area (Å²) in [7, 11) is 0. The number of hydrogen-bond donors (Lipinski definition) is 6. The van der Waals surface area contributed by atoms with Crippen molar-refractivity contribution in [1.29, 1.82) is 0 Å². The molecule has 454 valence electrons. The number of ether oxygens (including phenoxy) is 3. The molecule has 78 heavy (non-hydrogen) atoms. The number of hydrogen-bond acceptors (Lipinski definition) is 10. The molecule has 7 unspecified atom stereocenters. The number of rotatable bonds is 56.